The van der Waals surface area contributed by atoms with E-state index in [2.05, 4.69) is 4.90 Å². The zero-order valence-electron chi connectivity index (χ0n) is 9.06. The molecule has 1 aliphatic heterocycles. The lowest BCUT2D eigenvalue weighted by molar-refractivity contribution is 0.160. The maximum absolute atomic E-state index is 13.7. The summed E-state index contributed by atoms with van der Waals surface area (Å²) in [4.78, 5) is 2.35. The maximum Gasteiger partial charge on any atom is 0.109 e. The molecular formula is C11H21FN2. The van der Waals surface area contributed by atoms with E-state index in [9.17, 15) is 4.39 Å². The van der Waals surface area contributed by atoms with Gasteiger partial charge in [0.05, 0.1) is 0 Å². The van der Waals surface area contributed by atoms with Crippen molar-refractivity contribution in [1.29, 1.82) is 0 Å². The summed E-state index contributed by atoms with van der Waals surface area (Å²) < 4.78 is 13.7. The van der Waals surface area contributed by atoms with E-state index in [1.165, 1.54) is 0 Å². The number of alkyl halides is 1. The van der Waals surface area contributed by atoms with Crippen molar-refractivity contribution in [2.45, 2.75) is 50.2 Å². The van der Waals surface area contributed by atoms with Gasteiger partial charge in [-0.25, -0.2) is 4.39 Å². The third-order valence-corrected chi connectivity index (χ3v) is 3.55. The average molecular weight is 200 g/mol. The van der Waals surface area contributed by atoms with E-state index in [0.717, 1.165) is 38.9 Å². The Morgan fingerprint density at radius 2 is 1.93 bits per heavy atom. The van der Waals surface area contributed by atoms with Crippen LogP contribution < -0.4 is 5.73 Å². The summed E-state index contributed by atoms with van der Waals surface area (Å²) in [5, 5.41) is 0. The fourth-order valence-electron chi connectivity index (χ4n) is 2.22. The minimum atomic E-state index is -0.944. The molecule has 2 fully saturated rings. The Bertz CT molecular complexity index is 211. The first kappa shape index (κ1) is 10.4. The summed E-state index contributed by atoms with van der Waals surface area (Å²) in [6.07, 6.45) is 4.65. The Morgan fingerprint density at radius 1 is 1.21 bits per heavy atom. The van der Waals surface area contributed by atoms with E-state index < -0.39 is 5.67 Å². The highest BCUT2D eigenvalue weighted by Gasteiger charge is 2.40. The Kier molecular flexibility index (Phi) is 2.56. The number of nitrogens with zero attached hydrogens (tertiary/aromatic N) is 1. The van der Waals surface area contributed by atoms with Crippen LogP contribution in [-0.2, 0) is 0 Å². The van der Waals surface area contributed by atoms with Crippen molar-refractivity contribution in [3.8, 4) is 0 Å². The van der Waals surface area contributed by atoms with Crippen molar-refractivity contribution in [2.75, 3.05) is 19.6 Å². The molecule has 0 bridgehead atoms. The molecule has 1 atom stereocenters. The Balaban J connectivity index is 1.83. The van der Waals surface area contributed by atoms with Crippen molar-refractivity contribution >= 4 is 0 Å². The smallest absolute Gasteiger partial charge is 0.109 e. The molecule has 1 heterocycles. The number of hydrogen-bond acceptors (Lipinski definition) is 2. The molecule has 14 heavy (non-hydrogen) atoms. The Morgan fingerprint density at radius 3 is 2.57 bits per heavy atom. The summed E-state index contributed by atoms with van der Waals surface area (Å²) in [5.41, 5.74) is 5.20. The first-order valence-electron chi connectivity index (χ1n) is 5.69. The second-order valence-corrected chi connectivity index (χ2v) is 5.41. The molecule has 0 spiro atoms. The fraction of sp³-hybridized carbons (Fsp3) is 1.00. The van der Waals surface area contributed by atoms with Gasteiger partial charge in [0.15, 0.2) is 0 Å². The quantitative estimate of drug-likeness (QED) is 0.735. The third kappa shape index (κ3) is 2.67. The molecule has 0 amide bonds. The van der Waals surface area contributed by atoms with Gasteiger partial charge < -0.3 is 10.6 Å². The monoisotopic (exact) mass is 200 g/mol. The van der Waals surface area contributed by atoms with Crippen LogP contribution in [0, 0.1) is 0 Å². The number of likely N-dealkylation sites (tertiary alicyclic amines) is 1. The lowest BCUT2D eigenvalue weighted by Gasteiger charge is -2.24. The summed E-state index contributed by atoms with van der Waals surface area (Å²) in [6, 6.07) is 0. The molecule has 1 unspecified atom stereocenters. The van der Waals surface area contributed by atoms with E-state index in [4.69, 9.17) is 5.73 Å². The second-order valence-electron chi connectivity index (χ2n) is 5.41. The van der Waals surface area contributed by atoms with E-state index in [0.29, 0.717) is 12.8 Å². The molecular weight excluding hydrogens is 179 g/mol. The van der Waals surface area contributed by atoms with Crippen molar-refractivity contribution in [3.05, 3.63) is 0 Å². The van der Waals surface area contributed by atoms with E-state index in [1.54, 1.807) is 6.92 Å². The fourth-order valence-corrected chi connectivity index (χ4v) is 2.22. The second kappa shape index (κ2) is 3.46. The van der Waals surface area contributed by atoms with Gasteiger partial charge >= 0.3 is 0 Å². The van der Waals surface area contributed by atoms with E-state index in [1.807, 2.05) is 0 Å². The molecule has 1 saturated heterocycles. The largest absolute Gasteiger partial charge is 0.324 e. The van der Waals surface area contributed by atoms with E-state index in [-0.39, 0.29) is 5.54 Å². The minimum absolute atomic E-state index is 0.0804. The molecule has 1 aliphatic carbocycles. The van der Waals surface area contributed by atoms with Gasteiger partial charge in [-0.15, -0.1) is 0 Å². The number of halogens is 1. The van der Waals surface area contributed by atoms with Gasteiger partial charge in [0, 0.05) is 18.6 Å². The maximum atomic E-state index is 13.7. The molecule has 2 aliphatic rings. The molecule has 3 heteroatoms. The standard InChI is InChI=1S/C11H21FN2/c1-10(12)3-2-7-14(8-6-10)9-11(13)4-5-11/h2-9,13H2,1H3. The predicted octanol–water partition coefficient (Wildman–Crippen LogP) is 1.69. The van der Waals surface area contributed by atoms with Crippen molar-refractivity contribution in [2.24, 2.45) is 5.73 Å². The van der Waals surface area contributed by atoms with Crippen molar-refractivity contribution in [3.63, 3.8) is 0 Å². The van der Waals surface area contributed by atoms with Crippen LogP contribution in [0.4, 0.5) is 4.39 Å². The average Bonchev–Trinajstić information content (AvgIpc) is 2.80. The van der Waals surface area contributed by atoms with Gasteiger partial charge in [-0.2, -0.15) is 0 Å². The van der Waals surface area contributed by atoms with Crippen LogP contribution in [0.25, 0.3) is 0 Å². The normalized spacial score (nSPS) is 37.9. The van der Waals surface area contributed by atoms with Crippen LogP contribution in [0.3, 0.4) is 0 Å². The SMILES string of the molecule is CC1(F)CCCN(CC2(N)CC2)CC1. The highest BCUT2D eigenvalue weighted by molar-refractivity contribution is 5.01. The van der Waals surface area contributed by atoms with Crippen LogP contribution in [0.1, 0.15) is 39.0 Å². The zero-order valence-corrected chi connectivity index (χ0v) is 9.06. The minimum Gasteiger partial charge on any atom is -0.324 e. The van der Waals surface area contributed by atoms with Crippen molar-refractivity contribution < 1.29 is 4.39 Å². The molecule has 0 aromatic carbocycles. The molecule has 2 N–H and O–H groups in total. The van der Waals surface area contributed by atoms with Gasteiger partial charge in [-0.3, -0.25) is 0 Å². The third-order valence-electron chi connectivity index (χ3n) is 3.55. The van der Waals surface area contributed by atoms with Crippen LogP contribution in [0.15, 0.2) is 0 Å². The molecule has 0 aromatic rings. The Labute approximate surface area is 85.6 Å². The summed E-state index contributed by atoms with van der Waals surface area (Å²) in [7, 11) is 0. The summed E-state index contributed by atoms with van der Waals surface area (Å²) in [6.45, 7) is 4.61. The van der Waals surface area contributed by atoms with Crippen molar-refractivity contribution in [1.82, 2.24) is 4.90 Å². The number of hydrogen-bond donors (Lipinski definition) is 1. The molecule has 1 saturated carbocycles. The van der Waals surface area contributed by atoms with Crippen LogP contribution in [0.2, 0.25) is 0 Å². The lowest BCUT2D eigenvalue weighted by Crippen LogP contribution is -2.40. The molecule has 2 nitrogen and oxygen atoms in total. The Hall–Kier alpha value is -0.150. The molecule has 2 rings (SSSR count). The van der Waals surface area contributed by atoms with E-state index >= 15 is 0 Å². The predicted molar refractivity (Wildman–Crippen MR) is 56.0 cm³/mol. The topological polar surface area (TPSA) is 29.3 Å². The summed E-state index contributed by atoms with van der Waals surface area (Å²) >= 11 is 0. The van der Waals surface area contributed by atoms with Gasteiger partial charge in [0.2, 0.25) is 0 Å². The first-order valence-corrected chi connectivity index (χ1v) is 5.69. The van der Waals surface area contributed by atoms with Gasteiger partial charge in [0.1, 0.15) is 5.67 Å². The zero-order chi connectivity index (χ0) is 10.2. The molecule has 0 aromatic heterocycles. The van der Waals surface area contributed by atoms with Gasteiger partial charge in [0.25, 0.3) is 0 Å². The number of rotatable bonds is 2. The van der Waals surface area contributed by atoms with Crippen LogP contribution in [-0.4, -0.2) is 35.7 Å². The summed E-state index contributed by atoms with van der Waals surface area (Å²) in [5.74, 6) is 0. The highest BCUT2D eigenvalue weighted by atomic mass is 19.1. The molecule has 0 radical (unpaired) electrons. The van der Waals surface area contributed by atoms with Gasteiger partial charge in [-0.1, -0.05) is 0 Å². The number of nitrogens with two attached hydrogens (primary N) is 1. The van der Waals surface area contributed by atoms with Crippen LogP contribution in [0.5, 0.6) is 0 Å². The lowest BCUT2D eigenvalue weighted by atomic mass is 10.0. The van der Waals surface area contributed by atoms with Crippen LogP contribution >= 0.6 is 0 Å². The molecule has 82 valence electrons. The first-order chi connectivity index (χ1) is 6.49. The van der Waals surface area contributed by atoms with Gasteiger partial charge in [-0.05, 0) is 45.6 Å². The highest BCUT2D eigenvalue weighted by Crippen LogP contribution is 2.34.